The van der Waals surface area contributed by atoms with Gasteiger partial charge in [0, 0.05) is 22.1 Å². The third-order valence-electron chi connectivity index (χ3n) is 2.87. The van der Waals surface area contributed by atoms with Crippen LogP contribution in [0.15, 0.2) is 41.1 Å². The minimum Gasteiger partial charge on any atom is -0.364 e. The topological polar surface area (TPSA) is 82.0 Å². The first-order valence-electron chi connectivity index (χ1n) is 5.93. The maximum absolute atomic E-state index is 11.3. The van der Waals surface area contributed by atoms with E-state index in [9.17, 15) is 4.79 Å². The van der Waals surface area contributed by atoms with Gasteiger partial charge in [-0.15, -0.1) is 11.3 Å². The molecule has 0 radical (unpaired) electrons. The SMILES string of the molecule is Cc1sc(-c2cccc(-c3ccon3)c2)nc1C(N)=O. The maximum atomic E-state index is 11.3. The van der Waals surface area contributed by atoms with Crippen molar-refractivity contribution >= 4 is 17.2 Å². The van der Waals surface area contributed by atoms with Crippen molar-refractivity contribution in [2.45, 2.75) is 6.92 Å². The van der Waals surface area contributed by atoms with Gasteiger partial charge in [-0.1, -0.05) is 23.4 Å². The van der Waals surface area contributed by atoms with Gasteiger partial charge in [0.05, 0.1) is 0 Å². The lowest BCUT2D eigenvalue weighted by Crippen LogP contribution is -2.12. The lowest BCUT2D eigenvalue weighted by molar-refractivity contribution is 0.0996. The number of thiazole rings is 1. The van der Waals surface area contributed by atoms with Crippen molar-refractivity contribution in [1.29, 1.82) is 0 Å². The smallest absolute Gasteiger partial charge is 0.268 e. The van der Waals surface area contributed by atoms with E-state index in [2.05, 4.69) is 10.1 Å². The first-order valence-corrected chi connectivity index (χ1v) is 6.75. The number of nitrogens with zero attached hydrogens (tertiary/aromatic N) is 2. The number of rotatable bonds is 3. The number of aromatic nitrogens is 2. The van der Waals surface area contributed by atoms with Crippen molar-refractivity contribution in [1.82, 2.24) is 10.1 Å². The zero-order valence-corrected chi connectivity index (χ0v) is 11.5. The van der Waals surface area contributed by atoms with Gasteiger partial charge in [0.15, 0.2) is 0 Å². The molecule has 0 spiro atoms. The molecule has 1 amide bonds. The number of primary amides is 1. The van der Waals surface area contributed by atoms with Crippen LogP contribution in [0.2, 0.25) is 0 Å². The van der Waals surface area contributed by atoms with Crippen molar-refractivity contribution in [3.63, 3.8) is 0 Å². The molecular weight excluding hydrogens is 274 g/mol. The number of nitrogens with two attached hydrogens (primary N) is 1. The fourth-order valence-electron chi connectivity index (χ4n) is 1.92. The molecule has 5 nitrogen and oxygen atoms in total. The van der Waals surface area contributed by atoms with Gasteiger partial charge in [-0.3, -0.25) is 4.79 Å². The fraction of sp³-hybridized carbons (Fsp3) is 0.0714. The Morgan fingerprint density at radius 2 is 2.10 bits per heavy atom. The number of hydrogen-bond acceptors (Lipinski definition) is 5. The van der Waals surface area contributed by atoms with Gasteiger partial charge < -0.3 is 10.3 Å². The summed E-state index contributed by atoms with van der Waals surface area (Å²) >= 11 is 1.45. The van der Waals surface area contributed by atoms with Gasteiger partial charge in [-0.25, -0.2) is 4.98 Å². The van der Waals surface area contributed by atoms with Crippen LogP contribution in [0.1, 0.15) is 15.4 Å². The highest BCUT2D eigenvalue weighted by Crippen LogP contribution is 2.30. The zero-order valence-electron chi connectivity index (χ0n) is 10.7. The number of amides is 1. The molecule has 0 atom stereocenters. The molecule has 20 heavy (non-hydrogen) atoms. The second-order valence-corrected chi connectivity index (χ2v) is 5.46. The molecule has 3 rings (SSSR count). The minimum absolute atomic E-state index is 0.330. The third-order valence-corrected chi connectivity index (χ3v) is 3.89. The summed E-state index contributed by atoms with van der Waals surface area (Å²) in [5.41, 5.74) is 8.24. The molecular formula is C14H11N3O2S. The molecule has 0 fully saturated rings. The first-order chi connectivity index (χ1) is 9.65. The summed E-state index contributed by atoms with van der Waals surface area (Å²) in [6.45, 7) is 1.84. The summed E-state index contributed by atoms with van der Waals surface area (Å²) in [4.78, 5) is 16.4. The molecule has 100 valence electrons. The maximum Gasteiger partial charge on any atom is 0.268 e. The number of carbonyl (C=O) groups is 1. The molecule has 2 aromatic heterocycles. The standard InChI is InChI=1S/C14H11N3O2S/c1-8-12(13(15)18)16-14(20-8)10-4-2-3-9(7-10)11-5-6-19-17-11/h2-7H,1H3,(H2,15,18). The molecule has 2 N–H and O–H groups in total. The number of hydrogen-bond donors (Lipinski definition) is 1. The van der Waals surface area contributed by atoms with Gasteiger partial charge in [0.2, 0.25) is 0 Å². The second-order valence-electron chi connectivity index (χ2n) is 4.25. The summed E-state index contributed by atoms with van der Waals surface area (Å²) in [6, 6.07) is 9.55. The van der Waals surface area contributed by atoms with Crippen LogP contribution in [0.5, 0.6) is 0 Å². The average Bonchev–Trinajstić information content (AvgIpc) is 3.08. The van der Waals surface area contributed by atoms with Crippen LogP contribution in [0.3, 0.4) is 0 Å². The lowest BCUT2D eigenvalue weighted by atomic mass is 10.1. The van der Waals surface area contributed by atoms with Crippen molar-refractivity contribution in [3.8, 4) is 21.8 Å². The molecule has 0 bridgehead atoms. The first kappa shape index (κ1) is 12.6. The van der Waals surface area contributed by atoms with Crippen LogP contribution in [0.4, 0.5) is 0 Å². The van der Waals surface area contributed by atoms with E-state index in [4.69, 9.17) is 10.3 Å². The average molecular weight is 285 g/mol. The van der Waals surface area contributed by atoms with E-state index in [0.717, 1.165) is 26.7 Å². The molecule has 0 aliphatic heterocycles. The lowest BCUT2D eigenvalue weighted by Gasteiger charge is -1.99. The number of carbonyl (C=O) groups excluding carboxylic acids is 1. The Balaban J connectivity index is 2.05. The summed E-state index contributed by atoms with van der Waals surface area (Å²) in [6.07, 6.45) is 1.53. The summed E-state index contributed by atoms with van der Waals surface area (Å²) < 4.78 is 4.84. The van der Waals surface area contributed by atoms with E-state index in [-0.39, 0.29) is 0 Å². The molecule has 0 aliphatic rings. The van der Waals surface area contributed by atoms with E-state index in [1.807, 2.05) is 31.2 Å². The molecule has 3 aromatic rings. The van der Waals surface area contributed by atoms with Crippen molar-refractivity contribution < 1.29 is 9.32 Å². The second kappa shape index (κ2) is 4.90. The van der Waals surface area contributed by atoms with Crippen molar-refractivity contribution in [3.05, 3.63) is 47.2 Å². The van der Waals surface area contributed by atoms with Gasteiger partial charge in [-0.2, -0.15) is 0 Å². The van der Waals surface area contributed by atoms with E-state index < -0.39 is 5.91 Å². The highest BCUT2D eigenvalue weighted by molar-refractivity contribution is 7.15. The highest BCUT2D eigenvalue weighted by Gasteiger charge is 2.14. The Morgan fingerprint density at radius 3 is 2.75 bits per heavy atom. The third kappa shape index (κ3) is 2.21. The van der Waals surface area contributed by atoms with Crippen LogP contribution >= 0.6 is 11.3 Å². The monoisotopic (exact) mass is 285 g/mol. The molecule has 1 aromatic carbocycles. The number of benzene rings is 1. The zero-order chi connectivity index (χ0) is 14.1. The fourth-order valence-corrected chi connectivity index (χ4v) is 2.84. The minimum atomic E-state index is -0.502. The van der Waals surface area contributed by atoms with Crippen molar-refractivity contribution in [2.75, 3.05) is 0 Å². The molecule has 6 heteroatoms. The Labute approximate surface area is 119 Å². The normalized spacial score (nSPS) is 10.7. The van der Waals surface area contributed by atoms with E-state index in [1.165, 1.54) is 17.6 Å². The van der Waals surface area contributed by atoms with E-state index >= 15 is 0 Å². The van der Waals surface area contributed by atoms with Crippen LogP contribution in [-0.4, -0.2) is 16.0 Å². The molecule has 0 aliphatic carbocycles. The summed E-state index contributed by atoms with van der Waals surface area (Å²) in [5, 5.41) is 4.67. The van der Waals surface area contributed by atoms with E-state index in [1.54, 1.807) is 6.07 Å². The summed E-state index contributed by atoms with van der Waals surface area (Å²) in [7, 11) is 0. The molecule has 0 saturated carbocycles. The van der Waals surface area contributed by atoms with Gasteiger partial charge in [0.25, 0.3) is 5.91 Å². The predicted molar refractivity (Wildman–Crippen MR) is 76.3 cm³/mol. The number of aryl methyl sites for hydroxylation is 1. The van der Waals surface area contributed by atoms with E-state index in [0.29, 0.717) is 5.69 Å². The van der Waals surface area contributed by atoms with Crippen LogP contribution in [0.25, 0.3) is 21.8 Å². The Bertz CT molecular complexity index is 763. The largest absolute Gasteiger partial charge is 0.364 e. The van der Waals surface area contributed by atoms with Crippen LogP contribution in [-0.2, 0) is 0 Å². The van der Waals surface area contributed by atoms with Crippen LogP contribution < -0.4 is 5.73 Å². The van der Waals surface area contributed by atoms with Gasteiger partial charge >= 0.3 is 0 Å². The van der Waals surface area contributed by atoms with Gasteiger partial charge in [0.1, 0.15) is 22.7 Å². The Hall–Kier alpha value is -2.47. The molecule has 2 heterocycles. The summed E-state index contributed by atoms with van der Waals surface area (Å²) in [5.74, 6) is -0.502. The highest BCUT2D eigenvalue weighted by atomic mass is 32.1. The van der Waals surface area contributed by atoms with Crippen LogP contribution in [0, 0.1) is 6.92 Å². The quantitative estimate of drug-likeness (QED) is 0.802. The Kier molecular flexibility index (Phi) is 3.08. The predicted octanol–water partition coefficient (Wildman–Crippen LogP) is 2.87. The molecule has 0 unspecified atom stereocenters. The van der Waals surface area contributed by atoms with Gasteiger partial charge in [-0.05, 0) is 13.0 Å². The Morgan fingerprint density at radius 1 is 1.30 bits per heavy atom. The van der Waals surface area contributed by atoms with Crippen molar-refractivity contribution in [2.24, 2.45) is 5.73 Å². The molecule has 0 saturated heterocycles.